The second-order valence-electron chi connectivity index (χ2n) is 2.81. The van der Waals surface area contributed by atoms with Crippen molar-refractivity contribution in [3.63, 3.8) is 0 Å². The molecule has 3 nitrogen and oxygen atoms in total. The van der Waals surface area contributed by atoms with Crippen molar-refractivity contribution in [1.82, 2.24) is 9.88 Å². The Labute approximate surface area is 77.2 Å². The Bertz CT molecular complexity index is 198. The number of hydrogen-bond acceptors (Lipinski definition) is 4. The summed E-state index contributed by atoms with van der Waals surface area (Å²) in [6.07, 6.45) is 2.90. The highest BCUT2D eigenvalue weighted by molar-refractivity contribution is 7.09. The Balaban J connectivity index is 2.22. The molecule has 0 amide bonds. The number of nitrogens with two attached hydrogens (primary N) is 1. The van der Waals surface area contributed by atoms with Crippen molar-refractivity contribution in [3.05, 3.63) is 16.6 Å². The summed E-state index contributed by atoms with van der Waals surface area (Å²) in [6.45, 7) is 2.76. The van der Waals surface area contributed by atoms with Crippen LogP contribution >= 0.6 is 11.3 Å². The molecule has 0 aliphatic carbocycles. The Morgan fingerprint density at radius 1 is 1.67 bits per heavy atom. The van der Waals surface area contributed by atoms with E-state index in [1.54, 1.807) is 11.3 Å². The highest BCUT2D eigenvalue weighted by Crippen LogP contribution is 2.06. The standard InChI is InChI=1S/C8H15N3S/c1-11(5-2-3-9)7-8-10-4-6-12-8/h4,6H,2-3,5,7,9H2,1H3. The normalized spacial score (nSPS) is 10.9. The van der Waals surface area contributed by atoms with Gasteiger partial charge in [-0.1, -0.05) is 0 Å². The van der Waals surface area contributed by atoms with E-state index in [1.807, 2.05) is 11.6 Å². The van der Waals surface area contributed by atoms with Gasteiger partial charge < -0.3 is 5.73 Å². The number of thiazole rings is 1. The number of nitrogens with zero attached hydrogens (tertiary/aromatic N) is 2. The quantitative estimate of drug-likeness (QED) is 0.742. The Morgan fingerprint density at radius 3 is 3.08 bits per heavy atom. The summed E-state index contributed by atoms with van der Waals surface area (Å²) in [5.74, 6) is 0. The average molecular weight is 185 g/mol. The van der Waals surface area contributed by atoms with Gasteiger partial charge in [0.15, 0.2) is 0 Å². The van der Waals surface area contributed by atoms with Crippen molar-refractivity contribution >= 4 is 11.3 Å². The first-order chi connectivity index (χ1) is 5.83. The van der Waals surface area contributed by atoms with Crippen LogP contribution in [0.15, 0.2) is 11.6 Å². The molecule has 68 valence electrons. The highest BCUT2D eigenvalue weighted by Gasteiger charge is 2.00. The van der Waals surface area contributed by atoms with Crippen molar-refractivity contribution in [2.75, 3.05) is 20.1 Å². The van der Waals surface area contributed by atoms with Crippen molar-refractivity contribution in [3.8, 4) is 0 Å². The molecule has 1 aromatic rings. The number of aromatic nitrogens is 1. The van der Waals surface area contributed by atoms with Crippen LogP contribution in [0.5, 0.6) is 0 Å². The lowest BCUT2D eigenvalue weighted by Crippen LogP contribution is -2.21. The molecular formula is C8H15N3S. The zero-order chi connectivity index (χ0) is 8.81. The number of rotatable bonds is 5. The van der Waals surface area contributed by atoms with Crippen molar-refractivity contribution in [2.24, 2.45) is 5.73 Å². The fourth-order valence-electron chi connectivity index (χ4n) is 1.00. The maximum atomic E-state index is 5.41. The molecule has 0 bridgehead atoms. The van der Waals surface area contributed by atoms with Crippen LogP contribution in [0.4, 0.5) is 0 Å². The van der Waals surface area contributed by atoms with Gasteiger partial charge in [-0.25, -0.2) is 4.98 Å². The van der Waals surface area contributed by atoms with Gasteiger partial charge in [-0.15, -0.1) is 11.3 Å². The SMILES string of the molecule is CN(CCCN)Cc1nccs1. The van der Waals surface area contributed by atoms with Crippen LogP contribution in [0.25, 0.3) is 0 Å². The van der Waals surface area contributed by atoms with E-state index >= 15 is 0 Å². The molecule has 0 aliphatic heterocycles. The predicted molar refractivity (Wildman–Crippen MR) is 52.1 cm³/mol. The Morgan fingerprint density at radius 2 is 2.50 bits per heavy atom. The maximum Gasteiger partial charge on any atom is 0.107 e. The molecule has 2 N–H and O–H groups in total. The van der Waals surface area contributed by atoms with Crippen LogP contribution in [0.3, 0.4) is 0 Å². The van der Waals surface area contributed by atoms with Crippen molar-refractivity contribution < 1.29 is 0 Å². The monoisotopic (exact) mass is 185 g/mol. The molecule has 0 fully saturated rings. The minimum atomic E-state index is 0.766. The van der Waals surface area contributed by atoms with Crippen LogP contribution in [-0.2, 0) is 6.54 Å². The van der Waals surface area contributed by atoms with Gasteiger partial charge in [-0.2, -0.15) is 0 Å². The molecule has 0 aromatic carbocycles. The maximum absolute atomic E-state index is 5.41. The van der Waals surface area contributed by atoms with E-state index in [0.29, 0.717) is 0 Å². The minimum Gasteiger partial charge on any atom is -0.330 e. The van der Waals surface area contributed by atoms with Gasteiger partial charge in [0.1, 0.15) is 5.01 Å². The first-order valence-electron chi connectivity index (χ1n) is 4.10. The Kier molecular flexibility index (Phi) is 4.21. The summed E-state index contributed by atoms with van der Waals surface area (Å²) < 4.78 is 0. The lowest BCUT2D eigenvalue weighted by atomic mass is 10.4. The lowest BCUT2D eigenvalue weighted by molar-refractivity contribution is 0.323. The molecule has 0 saturated carbocycles. The van der Waals surface area contributed by atoms with Gasteiger partial charge >= 0.3 is 0 Å². The molecule has 0 aliphatic rings. The summed E-state index contributed by atoms with van der Waals surface area (Å²) in [7, 11) is 2.09. The van der Waals surface area contributed by atoms with E-state index in [9.17, 15) is 0 Å². The molecule has 0 radical (unpaired) electrons. The van der Waals surface area contributed by atoms with Gasteiger partial charge in [-0.05, 0) is 26.6 Å². The van der Waals surface area contributed by atoms with Gasteiger partial charge in [0.2, 0.25) is 0 Å². The number of hydrogen-bond donors (Lipinski definition) is 1. The largest absolute Gasteiger partial charge is 0.330 e. The van der Waals surface area contributed by atoms with Crippen LogP contribution in [0.1, 0.15) is 11.4 Å². The second kappa shape index (κ2) is 5.24. The van der Waals surface area contributed by atoms with Crippen LogP contribution in [0, 0.1) is 0 Å². The Hall–Kier alpha value is -0.450. The predicted octanol–water partition coefficient (Wildman–Crippen LogP) is 0.924. The van der Waals surface area contributed by atoms with E-state index in [0.717, 1.165) is 26.1 Å². The smallest absolute Gasteiger partial charge is 0.107 e. The van der Waals surface area contributed by atoms with E-state index in [1.165, 1.54) is 5.01 Å². The van der Waals surface area contributed by atoms with E-state index in [2.05, 4.69) is 16.9 Å². The van der Waals surface area contributed by atoms with E-state index < -0.39 is 0 Å². The summed E-state index contributed by atoms with van der Waals surface area (Å²) in [6, 6.07) is 0. The molecule has 1 rings (SSSR count). The van der Waals surface area contributed by atoms with Gasteiger partial charge in [0.25, 0.3) is 0 Å². The van der Waals surface area contributed by atoms with Crippen molar-refractivity contribution in [1.29, 1.82) is 0 Å². The third-order valence-corrected chi connectivity index (χ3v) is 2.40. The average Bonchev–Trinajstić information content (AvgIpc) is 2.53. The molecule has 0 unspecified atom stereocenters. The molecule has 1 aromatic heterocycles. The molecule has 1 heterocycles. The van der Waals surface area contributed by atoms with Crippen LogP contribution < -0.4 is 5.73 Å². The molecule has 12 heavy (non-hydrogen) atoms. The lowest BCUT2D eigenvalue weighted by Gasteiger charge is -2.13. The zero-order valence-corrected chi connectivity index (χ0v) is 8.18. The fourth-order valence-corrected chi connectivity index (χ4v) is 1.70. The van der Waals surface area contributed by atoms with Gasteiger partial charge in [-0.3, -0.25) is 4.90 Å². The van der Waals surface area contributed by atoms with E-state index in [-0.39, 0.29) is 0 Å². The molecule has 0 saturated heterocycles. The minimum absolute atomic E-state index is 0.766. The van der Waals surface area contributed by atoms with Gasteiger partial charge in [0, 0.05) is 11.6 Å². The topological polar surface area (TPSA) is 42.1 Å². The third-order valence-electron chi connectivity index (χ3n) is 1.63. The summed E-state index contributed by atoms with van der Waals surface area (Å²) in [5, 5.41) is 3.18. The van der Waals surface area contributed by atoms with Gasteiger partial charge in [0.05, 0.1) is 6.54 Å². The fraction of sp³-hybridized carbons (Fsp3) is 0.625. The van der Waals surface area contributed by atoms with Crippen molar-refractivity contribution in [2.45, 2.75) is 13.0 Å². The first-order valence-corrected chi connectivity index (χ1v) is 4.98. The highest BCUT2D eigenvalue weighted by atomic mass is 32.1. The zero-order valence-electron chi connectivity index (χ0n) is 7.36. The van der Waals surface area contributed by atoms with Crippen LogP contribution in [0.2, 0.25) is 0 Å². The molecule has 4 heteroatoms. The molecular weight excluding hydrogens is 170 g/mol. The molecule has 0 spiro atoms. The summed E-state index contributed by atoms with van der Waals surface area (Å²) >= 11 is 1.70. The second-order valence-corrected chi connectivity index (χ2v) is 3.78. The molecule has 0 atom stereocenters. The third kappa shape index (κ3) is 3.30. The summed E-state index contributed by atoms with van der Waals surface area (Å²) in [5.41, 5.74) is 5.41. The summed E-state index contributed by atoms with van der Waals surface area (Å²) in [4.78, 5) is 6.45. The van der Waals surface area contributed by atoms with E-state index in [4.69, 9.17) is 5.73 Å². The first kappa shape index (κ1) is 9.64. The van der Waals surface area contributed by atoms with Crippen LogP contribution in [-0.4, -0.2) is 30.0 Å².